The van der Waals surface area contributed by atoms with E-state index in [1.807, 2.05) is 0 Å². The summed E-state index contributed by atoms with van der Waals surface area (Å²) in [6, 6.07) is 0. The molecule has 2 rings (SSSR count). The maximum atomic E-state index is 10.7. The van der Waals surface area contributed by atoms with Crippen LogP contribution in [0.1, 0.15) is 17.7 Å². The number of rotatable bonds is 1. The van der Waals surface area contributed by atoms with E-state index in [2.05, 4.69) is 32.8 Å². The van der Waals surface area contributed by atoms with Crippen molar-refractivity contribution in [3.8, 4) is 0 Å². The third-order valence-electron chi connectivity index (χ3n) is 2.44. The minimum absolute atomic E-state index is 0.233. The van der Waals surface area contributed by atoms with E-state index in [0.29, 0.717) is 6.42 Å². The first-order valence-corrected chi connectivity index (χ1v) is 5.20. The van der Waals surface area contributed by atoms with Crippen molar-refractivity contribution in [2.24, 2.45) is 5.92 Å². The summed E-state index contributed by atoms with van der Waals surface area (Å²) >= 11 is 2.17. The van der Waals surface area contributed by atoms with Crippen LogP contribution >= 0.6 is 22.6 Å². The third-order valence-corrected chi connectivity index (χ3v) is 3.34. The summed E-state index contributed by atoms with van der Waals surface area (Å²) in [6.07, 6.45) is 2.17. The fourth-order valence-electron chi connectivity index (χ4n) is 1.68. The lowest BCUT2D eigenvalue weighted by Crippen LogP contribution is -2.22. The molecule has 0 aliphatic heterocycles. The molecule has 0 aromatic carbocycles. The smallest absolute Gasteiger partial charge is 0.306 e. The van der Waals surface area contributed by atoms with Crippen LogP contribution < -0.4 is 0 Å². The Balaban J connectivity index is 2.25. The molecule has 1 heterocycles. The second kappa shape index (κ2) is 3.28. The Morgan fingerprint density at radius 3 is 3.15 bits per heavy atom. The van der Waals surface area contributed by atoms with Crippen molar-refractivity contribution in [2.75, 3.05) is 0 Å². The first-order valence-electron chi connectivity index (χ1n) is 4.13. The molecule has 13 heavy (non-hydrogen) atoms. The first-order chi connectivity index (χ1) is 6.18. The summed E-state index contributed by atoms with van der Waals surface area (Å²) < 4.78 is 0.983. The molecule has 2 N–H and O–H groups in total. The van der Waals surface area contributed by atoms with Crippen LogP contribution in [-0.4, -0.2) is 21.3 Å². The van der Waals surface area contributed by atoms with Crippen molar-refractivity contribution in [3.63, 3.8) is 0 Å². The van der Waals surface area contributed by atoms with Crippen LogP contribution in [0.4, 0.5) is 0 Å². The number of nitrogens with one attached hydrogen (secondary N) is 1. The zero-order valence-corrected chi connectivity index (χ0v) is 9.04. The molecule has 0 amide bonds. The highest BCUT2D eigenvalue weighted by atomic mass is 127. The van der Waals surface area contributed by atoms with Crippen molar-refractivity contribution in [1.29, 1.82) is 0 Å². The molecular formula is C8H9IN2O2. The second-order valence-corrected chi connectivity index (χ2v) is 4.27. The van der Waals surface area contributed by atoms with Crippen LogP contribution in [0.15, 0.2) is 0 Å². The maximum Gasteiger partial charge on any atom is 0.306 e. The van der Waals surface area contributed by atoms with Gasteiger partial charge in [0.05, 0.1) is 5.92 Å². The summed E-state index contributed by atoms with van der Waals surface area (Å²) in [6.45, 7) is 0. The number of H-pyrrole nitrogens is 1. The highest BCUT2D eigenvalue weighted by Gasteiger charge is 2.26. The standard InChI is InChI=1S/C8H9IN2O2/c9-7-5-2-1-4(8(12)13)3-6(5)10-11-7/h4H,1-3H2,(H,10,11)(H,12,13)/t4-/m1/s1. The minimum Gasteiger partial charge on any atom is -0.481 e. The number of hydrogen-bond donors (Lipinski definition) is 2. The molecule has 0 spiro atoms. The Kier molecular flexibility index (Phi) is 2.27. The number of fused-ring (bicyclic) bond motifs is 1. The van der Waals surface area contributed by atoms with Gasteiger partial charge in [0.15, 0.2) is 0 Å². The molecule has 0 saturated heterocycles. The molecule has 1 aromatic rings. The molecule has 0 bridgehead atoms. The fraction of sp³-hybridized carbons (Fsp3) is 0.500. The molecule has 5 heteroatoms. The van der Waals surface area contributed by atoms with Gasteiger partial charge in [-0.15, -0.1) is 0 Å². The SMILES string of the molecule is O=C(O)[C@@H]1CCc2c(I)n[nH]c2C1. The van der Waals surface area contributed by atoms with E-state index in [1.165, 1.54) is 5.56 Å². The van der Waals surface area contributed by atoms with Gasteiger partial charge in [0.1, 0.15) is 3.70 Å². The predicted octanol–water partition coefficient (Wildman–Crippen LogP) is 1.20. The highest BCUT2D eigenvalue weighted by Crippen LogP contribution is 2.26. The van der Waals surface area contributed by atoms with Gasteiger partial charge in [0, 0.05) is 17.7 Å². The minimum atomic E-state index is -0.699. The largest absolute Gasteiger partial charge is 0.481 e. The van der Waals surface area contributed by atoms with Crippen LogP contribution in [0.5, 0.6) is 0 Å². The quantitative estimate of drug-likeness (QED) is 0.764. The lowest BCUT2D eigenvalue weighted by molar-refractivity contribution is -0.142. The van der Waals surface area contributed by atoms with Gasteiger partial charge in [0.25, 0.3) is 0 Å². The van der Waals surface area contributed by atoms with Crippen LogP contribution in [-0.2, 0) is 17.6 Å². The van der Waals surface area contributed by atoms with Crippen LogP contribution in [0, 0.1) is 9.62 Å². The molecule has 1 aromatic heterocycles. The lowest BCUT2D eigenvalue weighted by atomic mass is 9.88. The topological polar surface area (TPSA) is 66.0 Å². The molecule has 0 fully saturated rings. The Labute approximate surface area is 88.9 Å². The number of halogens is 1. The molecule has 0 radical (unpaired) electrons. The van der Waals surface area contributed by atoms with Gasteiger partial charge in [-0.25, -0.2) is 0 Å². The Bertz CT molecular complexity index is 348. The van der Waals surface area contributed by atoms with Crippen molar-refractivity contribution >= 4 is 28.6 Å². The number of aromatic amines is 1. The van der Waals surface area contributed by atoms with Gasteiger partial charge in [-0.1, -0.05) is 0 Å². The molecule has 1 aliphatic carbocycles. The monoisotopic (exact) mass is 292 g/mol. The number of aliphatic carboxylic acids is 1. The second-order valence-electron chi connectivity index (χ2n) is 3.25. The fourth-order valence-corrected chi connectivity index (χ4v) is 2.39. The summed E-state index contributed by atoms with van der Waals surface area (Å²) in [4.78, 5) is 10.7. The van der Waals surface area contributed by atoms with Crippen molar-refractivity contribution < 1.29 is 9.90 Å². The van der Waals surface area contributed by atoms with Crippen molar-refractivity contribution in [3.05, 3.63) is 15.0 Å². The van der Waals surface area contributed by atoms with E-state index >= 15 is 0 Å². The van der Waals surface area contributed by atoms with Gasteiger partial charge in [-0.3, -0.25) is 9.89 Å². The Hall–Kier alpha value is -0.590. The molecule has 1 aliphatic rings. The van der Waals surface area contributed by atoms with Gasteiger partial charge in [0.2, 0.25) is 0 Å². The van der Waals surface area contributed by atoms with E-state index in [9.17, 15) is 4.79 Å². The number of carboxylic acid groups (broad SMARTS) is 1. The van der Waals surface area contributed by atoms with Gasteiger partial charge in [-0.05, 0) is 35.4 Å². The number of carboxylic acids is 1. The predicted molar refractivity (Wildman–Crippen MR) is 54.5 cm³/mol. The zero-order chi connectivity index (χ0) is 9.42. The molecule has 0 saturated carbocycles. The molecular weight excluding hydrogens is 283 g/mol. The normalized spacial score (nSPS) is 21.2. The number of hydrogen-bond acceptors (Lipinski definition) is 2. The summed E-state index contributed by atoms with van der Waals surface area (Å²) in [5.74, 6) is -0.931. The summed E-state index contributed by atoms with van der Waals surface area (Å²) in [5.41, 5.74) is 2.21. The molecule has 1 atom stereocenters. The van der Waals surface area contributed by atoms with Gasteiger partial charge in [-0.2, -0.15) is 5.10 Å². The van der Waals surface area contributed by atoms with Crippen molar-refractivity contribution in [2.45, 2.75) is 19.3 Å². The van der Waals surface area contributed by atoms with Crippen molar-refractivity contribution in [1.82, 2.24) is 10.2 Å². The van der Waals surface area contributed by atoms with Crippen LogP contribution in [0.25, 0.3) is 0 Å². The number of nitrogens with zero attached hydrogens (tertiary/aromatic N) is 1. The Morgan fingerprint density at radius 1 is 1.69 bits per heavy atom. The van der Waals surface area contributed by atoms with E-state index in [0.717, 1.165) is 22.2 Å². The molecule has 4 nitrogen and oxygen atoms in total. The third kappa shape index (κ3) is 1.56. The lowest BCUT2D eigenvalue weighted by Gasteiger charge is -2.17. The van der Waals surface area contributed by atoms with E-state index in [4.69, 9.17) is 5.11 Å². The average Bonchev–Trinajstić information content (AvgIpc) is 2.47. The van der Waals surface area contributed by atoms with E-state index in [1.54, 1.807) is 0 Å². The summed E-state index contributed by atoms with van der Waals surface area (Å²) in [5, 5.41) is 15.8. The molecule has 70 valence electrons. The average molecular weight is 292 g/mol. The van der Waals surface area contributed by atoms with E-state index < -0.39 is 5.97 Å². The van der Waals surface area contributed by atoms with Gasteiger partial charge < -0.3 is 5.11 Å². The van der Waals surface area contributed by atoms with Gasteiger partial charge >= 0.3 is 5.97 Å². The number of aromatic nitrogens is 2. The first kappa shape index (κ1) is 8.98. The number of carbonyl (C=O) groups is 1. The highest BCUT2D eigenvalue weighted by molar-refractivity contribution is 14.1. The molecule has 0 unspecified atom stereocenters. The Morgan fingerprint density at radius 2 is 2.46 bits per heavy atom. The maximum absolute atomic E-state index is 10.7. The van der Waals surface area contributed by atoms with E-state index in [-0.39, 0.29) is 5.92 Å². The zero-order valence-electron chi connectivity index (χ0n) is 6.88. The van der Waals surface area contributed by atoms with Crippen LogP contribution in [0.3, 0.4) is 0 Å². The summed E-state index contributed by atoms with van der Waals surface area (Å²) in [7, 11) is 0. The van der Waals surface area contributed by atoms with Crippen LogP contribution in [0.2, 0.25) is 0 Å².